The number of pyridine rings is 2. The molecular weight excluding hydrogens is 548 g/mol. The molecule has 0 unspecified atom stereocenters. The van der Waals surface area contributed by atoms with E-state index in [-0.39, 0.29) is 34.4 Å². The summed E-state index contributed by atoms with van der Waals surface area (Å²) in [6.07, 6.45) is 25.1. The van der Waals surface area contributed by atoms with Crippen LogP contribution in [0.5, 0.6) is 0 Å². The second kappa shape index (κ2) is 17.7. The molecule has 192 valence electrons. The van der Waals surface area contributed by atoms with E-state index in [0.29, 0.717) is 0 Å². The molecule has 0 saturated heterocycles. The number of aromatic nitrogens is 2. The van der Waals surface area contributed by atoms with Crippen LogP contribution in [0.3, 0.4) is 0 Å². The fourth-order valence-electron chi connectivity index (χ4n) is 3.24. The predicted molar refractivity (Wildman–Crippen MR) is 133 cm³/mol. The maximum atomic E-state index is 10.4. The normalized spacial score (nSPS) is 15.3. The smallest absolute Gasteiger partial charge is 1.00 e. The molecule has 1 aromatic carbocycles. The first kappa shape index (κ1) is 33.3. The molecule has 10 radical (unpaired) electrons. The minimum absolute atomic E-state index is 0. The van der Waals surface area contributed by atoms with Crippen LogP contribution in [-0.4, -0.2) is 13.0 Å². The largest absolute Gasteiger partial charge is 2.00 e. The molecule has 3 aromatic rings. The number of aryl methyl sites for hydroxylation is 1. The molecule has 2 aliphatic carbocycles. The molecule has 2 heterocycles. The van der Waals surface area contributed by atoms with E-state index in [9.17, 15) is 13.0 Å². The third-order valence-electron chi connectivity index (χ3n) is 5.06. The Morgan fingerprint density at radius 2 is 1.00 bits per heavy atom. The van der Waals surface area contributed by atoms with Crippen molar-refractivity contribution in [2.24, 2.45) is 0 Å². The maximum absolute atomic E-state index is 10.4. The van der Waals surface area contributed by atoms with Gasteiger partial charge in [-0.3, -0.25) is 0 Å². The number of hydrogen-bond acceptors (Lipinski definition) is 3. The third kappa shape index (κ3) is 13.0. The molecule has 0 aliphatic heterocycles. The van der Waals surface area contributed by atoms with Gasteiger partial charge >= 0.3 is 17.1 Å². The van der Waals surface area contributed by atoms with Gasteiger partial charge in [-0.2, -0.15) is 0 Å². The first-order valence-electron chi connectivity index (χ1n) is 11.2. The van der Waals surface area contributed by atoms with Crippen molar-refractivity contribution in [3.8, 4) is 0 Å². The van der Waals surface area contributed by atoms with E-state index in [1.165, 1.54) is 24.0 Å². The Labute approximate surface area is 240 Å². The van der Waals surface area contributed by atoms with E-state index in [2.05, 4.69) is 85.3 Å². The number of nitrogens with zero attached hydrogens (tertiary/aromatic N) is 2. The van der Waals surface area contributed by atoms with Crippen LogP contribution < -0.4 is 21.5 Å². The van der Waals surface area contributed by atoms with Gasteiger partial charge in [0.25, 0.3) is 0 Å². The van der Waals surface area contributed by atoms with Crippen molar-refractivity contribution < 1.29 is 51.6 Å². The number of rotatable bonds is 5. The number of halogens is 1. The molecule has 8 heteroatoms. The quantitative estimate of drug-likeness (QED) is 0.255. The SMILES string of the molecule is Cc1ccc(S(=O)(=O)[O-])cc1.[CH]1[CH][CH][C](C[n+]2ccccc2)[CH]1.[CH]1[CH][CH][C](C[n+]2ccccc2)[CH]1.[Cl-].[Fe+2]. The molecular formula is C29H29ClFeN2O3S+2. The van der Waals surface area contributed by atoms with E-state index in [1.807, 2.05) is 43.3 Å². The van der Waals surface area contributed by atoms with Crippen molar-refractivity contribution in [3.63, 3.8) is 0 Å². The molecule has 0 bridgehead atoms. The van der Waals surface area contributed by atoms with Crippen LogP contribution in [0.25, 0.3) is 0 Å². The van der Waals surface area contributed by atoms with Gasteiger partial charge in [-0.05, 0) is 70.4 Å². The van der Waals surface area contributed by atoms with Crippen LogP contribution in [0.1, 0.15) is 5.56 Å². The van der Waals surface area contributed by atoms with E-state index >= 15 is 0 Å². The molecule has 2 aliphatic rings. The van der Waals surface area contributed by atoms with Crippen LogP contribution in [0.4, 0.5) is 0 Å². The summed E-state index contributed by atoms with van der Waals surface area (Å²) in [6, 6.07) is 18.0. The van der Waals surface area contributed by atoms with Gasteiger partial charge in [0.1, 0.15) is 10.1 Å². The molecule has 2 saturated carbocycles. The summed E-state index contributed by atoms with van der Waals surface area (Å²) >= 11 is 0. The van der Waals surface area contributed by atoms with Crippen molar-refractivity contribution in [3.05, 3.63) is 154 Å². The Bertz CT molecular complexity index is 1040. The summed E-state index contributed by atoms with van der Waals surface area (Å²) in [5, 5.41) is 0. The summed E-state index contributed by atoms with van der Waals surface area (Å²) in [7, 11) is -4.27. The number of benzene rings is 1. The monoisotopic (exact) mass is 576 g/mol. The van der Waals surface area contributed by atoms with E-state index in [1.54, 1.807) is 12.1 Å². The van der Waals surface area contributed by atoms with Crippen molar-refractivity contribution in [1.29, 1.82) is 0 Å². The van der Waals surface area contributed by atoms with Gasteiger partial charge in [-0.25, -0.2) is 17.6 Å². The first-order chi connectivity index (χ1) is 16.9. The zero-order valence-corrected chi connectivity index (χ0v) is 23.1. The Kier molecular flexibility index (Phi) is 15.9. The zero-order valence-electron chi connectivity index (χ0n) is 20.4. The van der Waals surface area contributed by atoms with Gasteiger partial charge in [0.2, 0.25) is 0 Å². The standard InChI is InChI=1S/2C11H11N.C7H8O3S.ClH.Fe/c2*1-4-8-12(9-5-1)10-11-6-2-3-7-11;1-6-2-4-7(5-3-6)11(8,9)10;;/h2*1-9H,10H2;2-5H,1H3,(H,8,9,10);1H;/q2*+1;;;+2/p-2. The first-order valence-corrected chi connectivity index (χ1v) is 12.6. The van der Waals surface area contributed by atoms with E-state index < -0.39 is 10.1 Å². The second-order valence-electron chi connectivity index (χ2n) is 7.95. The Morgan fingerprint density at radius 1 is 0.649 bits per heavy atom. The van der Waals surface area contributed by atoms with Crippen LogP contribution in [-0.2, 0) is 40.3 Å². The fraction of sp³-hybridized carbons (Fsp3) is 0.103. The van der Waals surface area contributed by atoms with E-state index in [4.69, 9.17) is 0 Å². The molecule has 5 rings (SSSR count). The van der Waals surface area contributed by atoms with Crippen LogP contribution in [0, 0.1) is 70.1 Å². The topological polar surface area (TPSA) is 65.0 Å². The molecule has 5 nitrogen and oxygen atoms in total. The second-order valence-corrected chi connectivity index (χ2v) is 9.33. The van der Waals surface area contributed by atoms with Crippen molar-refractivity contribution >= 4 is 10.1 Å². The van der Waals surface area contributed by atoms with Gasteiger partial charge < -0.3 is 17.0 Å². The molecule has 0 atom stereocenters. The Balaban J connectivity index is 0.000000271. The van der Waals surface area contributed by atoms with Gasteiger partial charge in [-0.15, -0.1) is 0 Å². The average Bonchev–Trinajstić information content (AvgIpc) is 3.56. The summed E-state index contributed by atoms with van der Waals surface area (Å²) in [4.78, 5) is -0.178. The minimum Gasteiger partial charge on any atom is -1.00 e. The molecule has 0 amide bonds. The Morgan fingerprint density at radius 3 is 1.32 bits per heavy atom. The van der Waals surface area contributed by atoms with Crippen molar-refractivity contribution in [2.75, 3.05) is 0 Å². The molecule has 0 spiro atoms. The minimum atomic E-state index is -4.27. The maximum Gasteiger partial charge on any atom is 2.00 e. The molecule has 2 aromatic heterocycles. The van der Waals surface area contributed by atoms with Crippen molar-refractivity contribution in [2.45, 2.75) is 24.9 Å². The summed E-state index contributed by atoms with van der Waals surface area (Å²) in [6.45, 7) is 3.75. The van der Waals surface area contributed by atoms with Gasteiger partial charge in [-0.1, -0.05) is 29.8 Å². The summed E-state index contributed by atoms with van der Waals surface area (Å²) in [5.41, 5.74) is 0.928. The summed E-state index contributed by atoms with van der Waals surface area (Å²) in [5.74, 6) is 2.71. The fourth-order valence-corrected chi connectivity index (χ4v) is 3.71. The van der Waals surface area contributed by atoms with Crippen LogP contribution >= 0.6 is 0 Å². The van der Waals surface area contributed by atoms with Gasteiger partial charge in [0, 0.05) is 36.1 Å². The van der Waals surface area contributed by atoms with Crippen LogP contribution in [0.2, 0.25) is 0 Å². The van der Waals surface area contributed by atoms with Gasteiger partial charge in [0.15, 0.2) is 37.9 Å². The molecule has 0 N–H and O–H groups in total. The molecule has 37 heavy (non-hydrogen) atoms. The third-order valence-corrected chi connectivity index (χ3v) is 5.91. The number of hydrogen-bond donors (Lipinski definition) is 0. The average molecular weight is 577 g/mol. The van der Waals surface area contributed by atoms with Crippen molar-refractivity contribution in [1.82, 2.24) is 0 Å². The van der Waals surface area contributed by atoms with E-state index in [0.717, 1.165) is 18.7 Å². The molecule has 2 fully saturated rings. The predicted octanol–water partition coefficient (Wildman–Crippen LogP) is 0.659. The Hall–Kier alpha value is -1.76. The van der Waals surface area contributed by atoms with Gasteiger partial charge in [0.05, 0.1) is 4.90 Å². The van der Waals surface area contributed by atoms with Crippen LogP contribution in [0.15, 0.2) is 90.3 Å². The zero-order chi connectivity index (χ0) is 24.9. The summed E-state index contributed by atoms with van der Waals surface area (Å²) < 4.78 is 35.5.